The molecule has 1 rings (SSSR count). The van der Waals surface area contributed by atoms with E-state index in [0.717, 1.165) is 11.1 Å². The van der Waals surface area contributed by atoms with Crippen LogP contribution in [0.15, 0.2) is 24.3 Å². The summed E-state index contributed by atoms with van der Waals surface area (Å²) in [6, 6.07) is 5.41. The molecule has 6 heteroatoms. The highest BCUT2D eigenvalue weighted by Crippen LogP contribution is 2.26. The molecule has 110 valence electrons. The molecular formula is C14H20N2O4. The Morgan fingerprint density at radius 3 is 2.00 bits per heavy atom. The van der Waals surface area contributed by atoms with Gasteiger partial charge >= 0.3 is 11.9 Å². The van der Waals surface area contributed by atoms with E-state index in [1.807, 2.05) is 31.2 Å². The third-order valence-corrected chi connectivity index (χ3v) is 3.22. The van der Waals surface area contributed by atoms with E-state index in [1.165, 1.54) is 0 Å². The van der Waals surface area contributed by atoms with Gasteiger partial charge in [-0.1, -0.05) is 29.8 Å². The number of aryl methyl sites for hydroxylation is 1. The van der Waals surface area contributed by atoms with Crippen molar-refractivity contribution in [3.8, 4) is 0 Å². The number of hydrogen-bond acceptors (Lipinski definition) is 4. The number of carbonyl (C=O) groups is 2. The van der Waals surface area contributed by atoms with Gasteiger partial charge in [-0.3, -0.25) is 9.59 Å². The average Bonchev–Trinajstić information content (AvgIpc) is 2.37. The van der Waals surface area contributed by atoms with E-state index in [-0.39, 0.29) is 18.8 Å². The van der Waals surface area contributed by atoms with Crippen LogP contribution in [0.1, 0.15) is 29.9 Å². The Kier molecular flexibility index (Phi) is 5.66. The van der Waals surface area contributed by atoms with Crippen LogP contribution >= 0.6 is 0 Å². The first kappa shape index (κ1) is 16.1. The first-order chi connectivity index (χ1) is 9.31. The summed E-state index contributed by atoms with van der Waals surface area (Å²) in [5, 5.41) is 17.8. The van der Waals surface area contributed by atoms with Gasteiger partial charge in [-0.25, -0.2) is 0 Å². The van der Waals surface area contributed by atoms with Crippen LogP contribution in [0.4, 0.5) is 0 Å². The minimum atomic E-state index is -1.11. The van der Waals surface area contributed by atoms with E-state index in [4.69, 9.17) is 21.7 Å². The Morgan fingerprint density at radius 2 is 1.60 bits per heavy atom. The number of nitrogens with two attached hydrogens (primary N) is 2. The van der Waals surface area contributed by atoms with Crippen molar-refractivity contribution < 1.29 is 19.8 Å². The van der Waals surface area contributed by atoms with Crippen molar-refractivity contribution in [3.63, 3.8) is 0 Å². The van der Waals surface area contributed by atoms with Gasteiger partial charge in [0.25, 0.3) is 0 Å². The van der Waals surface area contributed by atoms with Gasteiger partial charge in [0.1, 0.15) is 12.1 Å². The molecule has 1 aromatic rings. The minimum absolute atomic E-state index is 0.153. The highest BCUT2D eigenvalue weighted by Gasteiger charge is 2.24. The molecule has 2 atom stereocenters. The Balaban J connectivity index is 2.94. The topological polar surface area (TPSA) is 127 Å². The van der Waals surface area contributed by atoms with Crippen LogP contribution in [-0.4, -0.2) is 34.2 Å². The lowest BCUT2D eigenvalue weighted by Crippen LogP contribution is -2.36. The third kappa shape index (κ3) is 4.64. The fourth-order valence-electron chi connectivity index (χ4n) is 2.11. The average molecular weight is 280 g/mol. The zero-order valence-electron chi connectivity index (χ0n) is 11.3. The standard InChI is InChI=1S/C14H20N2O4/c1-8-3-2-4-9(5-8)10(6-11(15)13(17)18)7-12(16)14(19)20/h2-5,10-12H,6-7,15-16H2,1H3,(H,17,18)(H,19,20). The maximum atomic E-state index is 10.9. The second-order valence-corrected chi connectivity index (χ2v) is 4.97. The minimum Gasteiger partial charge on any atom is -0.480 e. The maximum Gasteiger partial charge on any atom is 0.320 e. The molecule has 6 nitrogen and oxygen atoms in total. The molecule has 0 radical (unpaired) electrons. The van der Waals surface area contributed by atoms with Gasteiger partial charge < -0.3 is 21.7 Å². The smallest absolute Gasteiger partial charge is 0.320 e. The quantitative estimate of drug-likeness (QED) is 0.582. The second-order valence-electron chi connectivity index (χ2n) is 4.97. The molecule has 6 N–H and O–H groups in total. The van der Waals surface area contributed by atoms with Crippen molar-refractivity contribution >= 4 is 11.9 Å². The van der Waals surface area contributed by atoms with Crippen LogP contribution in [0, 0.1) is 6.92 Å². The lowest BCUT2D eigenvalue weighted by molar-refractivity contribution is -0.139. The Morgan fingerprint density at radius 1 is 1.10 bits per heavy atom. The van der Waals surface area contributed by atoms with E-state index < -0.39 is 24.0 Å². The predicted octanol–water partition coefficient (Wildman–Crippen LogP) is 0.683. The summed E-state index contributed by atoms with van der Waals surface area (Å²) in [7, 11) is 0. The first-order valence-corrected chi connectivity index (χ1v) is 6.34. The highest BCUT2D eigenvalue weighted by molar-refractivity contribution is 5.74. The summed E-state index contributed by atoms with van der Waals surface area (Å²) in [4.78, 5) is 21.8. The van der Waals surface area contributed by atoms with Gasteiger partial charge in [-0.15, -0.1) is 0 Å². The summed E-state index contributed by atoms with van der Waals surface area (Å²) < 4.78 is 0. The Hall–Kier alpha value is -1.92. The van der Waals surface area contributed by atoms with E-state index in [1.54, 1.807) is 0 Å². The van der Waals surface area contributed by atoms with Crippen molar-refractivity contribution in [3.05, 3.63) is 35.4 Å². The van der Waals surface area contributed by atoms with E-state index in [0.29, 0.717) is 0 Å². The molecule has 0 aliphatic carbocycles. The molecule has 20 heavy (non-hydrogen) atoms. The van der Waals surface area contributed by atoms with Gasteiger partial charge in [0.2, 0.25) is 0 Å². The molecule has 0 saturated carbocycles. The molecule has 0 amide bonds. The molecule has 1 aromatic carbocycles. The molecule has 0 bridgehead atoms. The molecule has 0 aliphatic heterocycles. The monoisotopic (exact) mass is 280 g/mol. The fraction of sp³-hybridized carbons (Fsp3) is 0.429. The Labute approximate surface area is 117 Å². The van der Waals surface area contributed by atoms with E-state index in [9.17, 15) is 9.59 Å². The highest BCUT2D eigenvalue weighted by atomic mass is 16.4. The summed E-state index contributed by atoms with van der Waals surface area (Å²) in [6.07, 6.45) is 0.305. The van der Waals surface area contributed by atoms with Crippen molar-refractivity contribution in [2.45, 2.75) is 37.8 Å². The summed E-state index contributed by atoms with van der Waals surface area (Å²) in [5.41, 5.74) is 13.0. The van der Waals surface area contributed by atoms with Crippen molar-refractivity contribution in [2.75, 3.05) is 0 Å². The third-order valence-electron chi connectivity index (χ3n) is 3.22. The van der Waals surface area contributed by atoms with Crippen LogP contribution in [0.5, 0.6) is 0 Å². The van der Waals surface area contributed by atoms with Gasteiger partial charge in [0, 0.05) is 0 Å². The van der Waals surface area contributed by atoms with Crippen molar-refractivity contribution in [1.82, 2.24) is 0 Å². The van der Waals surface area contributed by atoms with Gasteiger partial charge in [-0.2, -0.15) is 0 Å². The van der Waals surface area contributed by atoms with Gasteiger partial charge in [0.05, 0.1) is 0 Å². The van der Waals surface area contributed by atoms with Crippen molar-refractivity contribution in [2.24, 2.45) is 11.5 Å². The van der Waals surface area contributed by atoms with Gasteiger partial charge in [0.15, 0.2) is 0 Å². The lowest BCUT2D eigenvalue weighted by Gasteiger charge is -2.21. The van der Waals surface area contributed by atoms with Crippen LogP contribution in [0.3, 0.4) is 0 Å². The fourth-order valence-corrected chi connectivity index (χ4v) is 2.11. The summed E-state index contributed by atoms with van der Waals surface area (Å²) in [6.45, 7) is 1.91. The zero-order chi connectivity index (χ0) is 15.3. The predicted molar refractivity (Wildman–Crippen MR) is 74.4 cm³/mol. The summed E-state index contributed by atoms with van der Waals surface area (Å²) in [5.74, 6) is -2.51. The van der Waals surface area contributed by atoms with Crippen LogP contribution in [-0.2, 0) is 9.59 Å². The van der Waals surface area contributed by atoms with E-state index >= 15 is 0 Å². The molecule has 0 spiro atoms. The summed E-state index contributed by atoms with van der Waals surface area (Å²) >= 11 is 0. The van der Waals surface area contributed by atoms with Crippen LogP contribution in [0.25, 0.3) is 0 Å². The molecule has 0 heterocycles. The number of carboxylic acids is 2. The normalized spacial score (nSPS) is 15.3. The number of aliphatic carboxylic acids is 2. The maximum absolute atomic E-state index is 10.9. The molecule has 0 aromatic heterocycles. The molecule has 0 fully saturated rings. The Bertz CT molecular complexity index is 468. The number of benzene rings is 1. The van der Waals surface area contributed by atoms with Crippen LogP contribution < -0.4 is 11.5 Å². The SMILES string of the molecule is Cc1cccc(C(CC(N)C(=O)O)CC(N)C(=O)O)c1. The number of hydrogen-bond donors (Lipinski definition) is 4. The van der Waals surface area contributed by atoms with Gasteiger partial charge in [-0.05, 0) is 31.2 Å². The zero-order valence-corrected chi connectivity index (χ0v) is 11.3. The molecule has 0 saturated heterocycles. The molecule has 0 aliphatic rings. The van der Waals surface area contributed by atoms with Crippen LogP contribution in [0.2, 0.25) is 0 Å². The van der Waals surface area contributed by atoms with E-state index in [2.05, 4.69) is 0 Å². The lowest BCUT2D eigenvalue weighted by atomic mass is 9.86. The number of rotatable bonds is 7. The molecule has 2 unspecified atom stereocenters. The van der Waals surface area contributed by atoms with Crippen molar-refractivity contribution in [1.29, 1.82) is 0 Å². The second kappa shape index (κ2) is 7.02. The molecular weight excluding hydrogens is 260 g/mol. The largest absolute Gasteiger partial charge is 0.480 e. The number of carboxylic acid groups (broad SMARTS) is 2. The first-order valence-electron chi connectivity index (χ1n) is 6.34.